The minimum atomic E-state index is -0.336. The van der Waals surface area contributed by atoms with Gasteiger partial charge >= 0.3 is 0 Å². The number of hydrogen-bond donors (Lipinski definition) is 0. The number of amides is 1. The first-order valence-electron chi connectivity index (χ1n) is 9.75. The lowest BCUT2D eigenvalue weighted by molar-refractivity contribution is 0.0757. The fourth-order valence-electron chi connectivity index (χ4n) is 4.67. The highest BCUT2D eigenvalue weighted by atomic mass is 19.1. The van der Waals surface area contributed by atoms with Gasteiger partial charge in [0.1, 0.15) is 11.8 Å². The zero-order valence-corrected chi connectivity index (χ0v) is 15.4. The third-order valence-electron chi connectivity index (χ3n) is 6.07. The Bertz CT molecular complexity index is 1030. The Morgan fingerprint density at radius 3 is 2.75 bits per heavy atom. The van der Waals surface area contributed by atoms with Gasteiger partial charge in [0.05, 0.1) is 0 Å². The number of pyridine rings is 1. The molecule has 28 heavy (non-hydrogen) atoms. The van der Waals surface area contributed by atoms with E-state index in [1.54, 1.807) is 24.4 Å². The maximum Gasteiger partial charge on any atom is 0.273 e. The van der Waals surface area contributed by atoms with E-state index in [1.165, 1.54) is 6.07 Å². The summed E-state index contributed by atoms with van der Waals surface area (Å²) in [5.74, 6) is 0.565. The monoisotopic (exact) mass is 376 g/mol. The van der Waals surface area contributed by atoms with Crippen LogP contribution in [-0.2, 0) is 0 Å². The molecule has 2 aliphatic rings. The van der Waals surface area contributed by atoms with Gasteiger partial charge in [-0.1, -0.05) is 36.4 Å². The number of likely N-dealkylation sites (tertiary alicyclic amines) is 1. The van der Waals surface area contributed by atoms with E-state index in [9.17, 15) is 9.18 Å². The van der Waals surface area contributed by atoms with Crippen LogP contribution < -0.4 is 4.74 Å². The number of rotatable bonds is 3. The molecule has 1 aliphatic heterocycles. The number of aromatic nitrogens is 1. The molecule has 1 saturated heterocycles. The largest absolute Gasteiger partial charge is 0.487 e. The van der Waals surface area contributed by atoms with Crippen LogP contribution >= 0.6 is 0 Å². The van der Waals surface area contributed by atoms with E-state index in [2.05, 4.69) is 4.98 Å². The molecule has 1 amide bonds. The van der Waals surface area contributed by atoms with Crippen LogP contribution in [0.5, 0.6) is 5.75 Å². The van der Waals surface area contributed by atoms with Crippen molar-refractivity contribution in [2.45, 2.75) is 18.9 Å². The van der Waals surface area contributed by atoms with Crippen LogP contribution in [0.3, 0.4) is 0 Å². The number of ether oxygens (including phenoxy) is 1. The van der Waals surface area contributed by atoms with Crippen molar-refractivity contribution in [3.8, 4) is 5.75 Å². The van der Waals surface area contributed by atoms with Crippen LogP contribution in [0, 0.1) is 17.7 Å². The lowest BCUT2D eigenvalue weighted by Crippen LogP contribution is -2.33. The number of carbonyl (C=O) groups is 1. The third kappa shape index (κ3) is 2.91. The summed E-state index contributed by atoms with van der Waals surface area (Å²) in [7, 11) is 0. The lowest BCUT2D eigenvalue weighted by Gasteiger charge is -2.22. The van der Waals surface area contributed by atoms with Crippen molar-refractivity contribution in [1.29, 1.82) is 0 Å². The molecule has 1 saturated carbocycles. The number of para-hydroxylation sites is 1. The molecule has 1 aromatic heterocycles. The average molecular weight is 376 g/mol. The van der Waals surface area contributed by atoms with Crippen molar-refractivity contribution in [3.63, 3.8) is 0 Å². The SMILES string of the molecule is O=C(c1nccc2ccccc12)N1C[C@@H]2CC[C@H](Oc3ccccc3F)[C@@H]2C1. The molecule has 1 aliphatic carbocycles. The number of nitrogens with zero attached hydrogens (tertiary/aromatic N) is 2. The van der Waals surface area contributed by atoms with Gasteiger partial charge in [0.15, 0.2) is 11.6 Å². The second kappa shape index (κ2) is 6.89. The zero-order valence-electron chi connectivity index (χ0n) is 15.4. The Morgan fingerprint density at radius 1 is 1.04 bits per heavy atom. The van der Waals surface area contributed by atoms with Gasteiger partial charge in [0, 0.05) is 30.6 Å². The second-order valence-electron chi connectivity index (χ2n) is 7.68. The summed E-state index contributed by atoms with van der Waals surface area (Å²) in [6.45, 7) is 1.35. The molecule has 0 unspecified atom stereocenters. The van der Waals surface area contributed by atoms with Crippen LogP contribution in [0.2, 0.25) is 0 Å². The molecular weight excluding hydrogens is 355 g/mol. The Morgan fingerprint density at radius 2 is 1.86 bits per heavy atom. The van der Waals surface area contributed by atoms with Crippen molar-refractivity contribution in [2.24, 2.45) is 11.8 Å². The molecule has 3 aromatic rings. The summed E-state index contributed by atoms with van der Waals surface area (Å²) < 4.78 is 20.0. The van der Waals surface area contributed by atoms with Gasteiger partial charge in [-0.2, -0.15) is 0 Å². The minimum absolute atomic E-state index is 0.0316. The van der Waals surface area contributed by atoms with E-state index < -0.39 is 0 Å². The van der Waals surface area contributed by atoms with Crippen molar-refractivity contribution < 1.29 is 13.9 Å². The molecule has 0 N–H and O–H groups in total. The summed E-state index contributed by atoms with van der Waals surface area (Å²) >= 11 is 0. The second-order valence-corrected chi connectivity index (χ2v) is 7.68. The first-order chi connectivity index (χ1) is 13.7. The van der Waals surface area contributed by atoms with Crippen molar-refractivity contribution in [2.75, 3.05) is 13.1 Å². The summed E-state index contributed by atoms with van der Waals surface area (Å²) in [5, 5.41) is 1.90. The fraction of sp³-hybridized carbons (Fsp3) is 0.304. The van der Waals surface area contributed by atoms with Crippen molar-refractivity contribution in [1.82, 2.24) is 9.88 Å². The van der Waals surface area contributed by atoms with Gasteiger partial charge in [0.2, 0.25) is 0 Å². The minimum Gasteiger partial charge on any atom is -0.487 e. The van der Waals surface area contributed by atoms with E-state index in [1.807, 2.05) is 35.2 Å². The van der Waals surface area contributed by atoms with Crippen LogP contribution in [0.15, 0.2) is 60.8 Å². The fourth-order valence-corrected chi connectivity index (χ4v) is 4.67. The third-order valence-corrected chi connectivity index (χ3v) is 6.07. The molecule has 2 heterocycles. The number of hydrogen-bond acceptors (Lipinski definition) is 3. The molecule has 142 valence electrons. The van der Waals surface area contributed by atoms with Gasteiger partial charge in [0.25, 0.3) is 5.91 Å². The van der Waals surface area contributed by atoms with E-state index in [4.69, 9.17) is 4.74 Å². The van der Waals surface area contributed by atoms with Gasteiger partial charge in [-0.25, -0.2) is 4.39 Å². The first-order valence-corrected chi connectivity index (χ1v) is 9.75. The Balaban J connectivity index is 1.35. The predicted octanol–water partition coefficient (Wildman–Crippen LogP) is 4.30. The Hall–Kier alpha value is -2.95. The quantitative estimate of drug-likeness (QED) is 0.684. The zero-order chi connectivity index (χ0) is 19.1. The summed E-state index contributed by atoms with van der Waals surface area (Å²) in [4.78, 5) is 19.4. The van der Waals surface area contributed by atoms with E-state index in [-0.39, 0.29) is 23.7 Å². The molecule has 5 heteroatoms. The highest BCUT2D eigenvalue weighted by molar-refractivity contribution is 6.05. The van der Waals surface area contributed by atoms with Gasteiger partial charge in [-0.15, -0.1) is 0 Å². The molecule has 0 bridgehead atoms. The lowest BCUT2D eigenvalue weighted by atomic mass is 9.99. The van der Waals surface area contributed by atoms with Crippen LogP contribution in [0.25, 0.3) is 10.8 Å². The van der Waals surface area contributed by atoms with Crippen molar-refractivity contribution >= 4 is 16.7 Å². The highest BCUT2D eigenvalue weighted by Gasteiger charge is 2.45. The van der Waals surface area contributed by atoms with E-state index in [0.29, 0.717) is 30.5 Å². The maximum atomic E-state index is 14.0. The average Bonchev–Trinajstić information content (AvgIpc) is 3.30. The summed E-state index contributed by atoms with van der Waals surface area (Å²) in [6, 6.07) is 16.3. The Kier molecular flexibility index (Phi) is 4.23. The topological polar surface area (TPSA) is 42.4 Å². The van der Waals surface area contributed by atoms with Gasteiger partial charge in [-0.05, 0) is 42.3 Å². The maximum absolute atomic E-state index is 14.0. The summed E-state index contributed by atoms with van der Waals surface area (Å²) in [6.07, 6.45) is 3.53. The molecule has 5 rings (SSSR count). The normalized spacial score (nSPS) is 23.8. The molecule has 2 fully saturated rings. The number of fused-ring (bicyclic) bond motifs is 2. The van der Waals surface area contributed by atoms with E-state index >= 15 is 0 Å². The van der Waals surface area contributed by atoms with Crippen molar-refractivity contribution in [3.05, 3.63) is 72.3 Å². The highest BCUT2D eigenvalue weighted by Crippen LogP contribution is 2.41. The smallest absolute Gasteiger partial charge is 0.273 e. The standard InChI is InChI=1S/C23H21FN2O2/c24-19-7-3-4-8-21(19)28-20-10-9-16-13-26(14-18(16)20)23(27)22-17-6-2-1-5-15(17)11-12-25-22/h1-8,11-12,16,18,20H,9-10,13-14H2/t16-,18+,20-/m0/s1. The van der Waals surface area contributed by atoms with Gasteiger partial charge < -0.3 is 9.64 Å². The van der Waals surface area contributed by atoms with Crippen LogP contribution in [0.4, 0.5) is 4.39 Å². The molecule has 0 spiro atoms. The number of benzene rings is 2. The number of carbonyl (C=O) groups excluding carboxylic acids is 1. The molecule has 2 aromatic carbocycles. The first kappa shape index (κ1) is 17.2. The Labute approximate surface area is 162 Å². The molecule has 0 radical (unpaired) electrons. The molecular formula is C23H21FN2O2. The molecule has 3 atom stereocenters. The van der Waals surface area contributed by atoms with Crippen LogP contribution in [-0.4, -0.2) is 35.0 Å². The number of halogens is 1. The predicted molar refractivity (Wildman–Crippen MR) is 105 cm³/mol. The summed E-state index contributed by atoms with van der Waals surface area (Å²) in [5.41, 5.74) is 0.504. The van der Waals surface area contributed by atoms with Crippen LogP contribution in [0.1, 0.15) is 23.3 Å². The van der Waals surface area contributed by atoms with Gasteiger partial charge in [-0.3, -0.25) is 9.78 Å². The molecule has 4 nitrogen and oxygen atoms in total. The van der Waals surface area contributed by atoms with E-state index in [0.717, 1.165) is 23.6 Å².